The van der Waals surface area contributed by atoms with Crippen LogP contribution >= 0.6 is 0 Å². The smallest absolute Gasteiger partial charge is 0.220 e. The largest absolute Gasteiger partial charge is 0.493 e. The minimum absolute atomic E-state index is 0.121. The fraction of sp³-hybridized carbons (Fsp3) is 0.409. The van der Waals surface area contributed by atoms with Gasteiger partial charge in [0.05, 0.1) is 19.8 Å². The zero-order valence-electron chi connectivity index (χ0n) is 16.4. The van der Waals surface area contributed by atoms with Gasteiger partial charge in [-0.15, -0.1) is 0 Å². The number of hydrogen-bond donors (Lipinski definition) is 1. The van der Waals surface area contributed by atoms with E-state index in [4.69, 9.17) is 9.47 Å². The molecule has 1 amide bonds. The summed E-state index contributed by atoms with van der Waals surface area (Å²) in [6.45, 7) is 6.68. The van der Waals surface area contributed by atoms with Gasteiger partial charge in [0.15, 0.2) is 11.5 Å². The Morgan fingerprint density at radius 2 is 1.85 bits per heavy atom. The van der Waals surface area contributed by atoms with Crippen molar-refractivity contribution in [2.75, 3.05) is 13.7 Å². The molecule has 0 saturated carbocycles. The van der Waals surface area contributed by atoms with Crippen LogP contribution in [-0.2, 0) is 11.2 Å². The standard InChI is InChI=1S/C22H28FNO3/c1-15(2)14-27-20-11-9-18(13-21(20)26-4)16(3)24-22(25)12-10-17-7-5-6-8-19(17)23/h5-9,11,13,15-16H,10,12,14H2,1-4H3,(H,24,25). The van der Waals surface area contributed by atoms with Crippen molar-refractivity contribution in [3.05, 3.63) is 59.4 Å². The first-order chi connectivity index (χ1) is 12.9. The number of halogens is 1. The summed E-state index contributed by atoms with van der Waals surface area (Å²) in [5.74, 6) is 1.35. The number of carbonyl (C=O) groups is 1. The molecule has 0 bridgehead atoms. The minimum atomic E-state index is -0.278. The summed E-state index contributed by atoms with van der Waals surface area (Å²) in [5, 5.41) is 2.95. The predicted octanol–water partition coefficient (Wildman–Crippen LogP) is 4.68. The number of carbonyl (C=O) groups excluding carboxylic acids is 1. The molecule has 0 fully saturated rings. The van der Waals surface area contributed by atoms with Gasteiger partial charge >= 0.3 is 0 Å². The number of methoxy groups -OCH3 is 1. The zero-order valence-corrected chi connectivity index (χ0v) is 16.4. The van der Waals surface area contributed by atoms with E-state index in [1.54, 1.807) is 25.3 Å². The van der Waals surface area contributed by atoms with Crippen LogP contribution in [0, 0.1) is 11.7 Å². The van der Waals surface area contributed by atoms with Crippen molar-refractivity contribution in [3.8, 4) is 11.5 Å². The molecule has 0 spiro atoms. The summed E-state index contributed by atoms with van der Waals surface area (Å²) < 4.78 is 24.8. The number of ether oxygens (including phenoxy) is 2. The molecule has 0 aromatic heterocycles. The van der Waals surface area contributed by atoms with Gasteiger partial charge in [-0.05, 0) is 48.6 Å². The van der Waals surface area contributed by atoms with Crippen LogP contribution in [0.4, 0.5) is 4.39 Å². The number of benzene rings is 2. The Bertz CT molecular complexity index is 761. The molecule has 1 atom stereocenters. The Labute approximate surface area is 160 Å². The quantitative estimate of drug-likeness (QED) is 0.694. The molecule has 146 valence electrons. The second-order valence-electron chi connectivity index (χ2n) is 7.00. The van der Waals surface area contributed by atoms with Crippen LogP contribution in [0.3, 0.4) is 0 Å². The van der Waals surface area contributed by atoms with Crippen LogP contribution in [0.1, 0.15) is 44.4 Å². The predicted molar refractivity (Wildman–Crippen MR) is 105 cm³/mol. The third kappa shape index (κ3) is 6.27. The lowest BCUT2D eigenvalue weighted by atomic mass is 10.1. The summed E-state index contributed by atoms with van der Waals surface area (Å²) >= 11 is 0. The van der Waals surface area contributed by atoms with E-state index in [1.165, 1.54) is 6.07 Å². The summed E-state index contributed by atoms with van der Waals surface area (Å²) in [4.78, 5) is 12.2. The third-order valence-corrected chi connectivity index (χ3v) is 4.22. The van der Waals surface area contributed by atoms with Gasteiger partial charge in [-0.25, -0.2) is 4.39 Å². The Balaban J connectivity index is 1.95. The average molecular weight is 373 g/mol. The minimum Gasteiger partial charge on any atom is -0.493 e. The molecule has 0 saturated heterocycles. The van der Waals surface area contributed by atoms with Crippen molar-refractivity contribution in [2.45, 2.75) is 39.7 Å². The molecule has 2 rings (SSSR count). The van der Waals surface area contributed by atoms with E-state index in [1.807, 2.05) is 25.1 Å². The Kier molecular flexibility index (Phi) is 7.65. The molecule has 5 heteroatoms. The Hall–Kier alpha value is -2.56. The van der Waals surface area contributed by atoms with Gasteiger partial charge in [-0.1, -0.05) is 38.1 Å². The Morgan fingerprint density at radius 3 is 2.52 bits per heavy atom. The highest BCUT2D eigenvalue weighted by molar-refractivity contribution is 5.76. The highest BCUT2D eigenvalue weighted by atomic mass is 19.1. The fourth-order valence-corrected chi connectivity index (χ4v) is 2.68. The maximum atomic E-state index is 13.6. The molecule has 0 aliphatic heterocycles. The molecular formula is C22H28FNO3. The molecule has 1 unspecified atom stereocenters. The lowest BCUT2D eigenvalue weighted by Crippen LogP contribution is -2.27. The zero-order chi connectivity index (χ0) is 19.8. The van der Waals surface area contributed by atoms with Crippen molar-refractivity contribution < 1.29 is 18.7 Å². The second-order valence-corrected chi connectivity index (χ2v) is 7.00. The van der Waals surface area contributed by atoms with Gasteiger partial charge in [0.25, 0.3) is 0 Å². The van der Waals surface area contributed by atoms with E-state index in [9.17, 15) is 9.18 Å². The van der Waals surface area contributed by atoms with Crippen LogP contribution in [-0.4, -0.2) is 19.6 Å². The number of aryl methyl sites for hydroxylation is 1. The first-order valence-electron chi connectivity index (χ1n) is 9.24. The number of rotatable bonds is 9. The van der Waals surface area contributed by atoms with Crippen molar-refractivity contribution in [2.24, 2.45) is 5.92 Å². The van der Waals surface area contributed by atoms with Gasteiger partial charge in [-0.2, -0.15) is 0 Å². The van der Waals surface area contributed by atoms with Gasteiger partial charge in [0, 0.05) is 6.42 Å². The number of nitrogens with one attached hydrogen (secondary N) is 1. The summed E-state index contributed by atoms with van der Waals surface area (Å²) in [5.41, 5.74) is 1.47. The second kappa shape index (κ2) is 9.95. The van der Waals surface area contributed by atoms with E-state index in [-0.39, 0.29) is 24.2 Å². The molecule has 0 aliphatic rings. The molecule has 1 N–H and O–H groups in total. The van der Waals surface area contributed by atoms with Gasteiger partial charge in [-0.3, -0.25) is 4.79 Å². The lowest BCUT2D eigenvalue weighted by molar-refractivity contribution is -0.121. The van der Waals surface area contributed by atoms with E-state index >= 15 is 0 Å². The van der Waals surface area contributed by atoms with Gasteiger partial charge in [0.1, 0.15) is 5.82 Å². The van der Waals surface area contributed by atoms with Crippen LogP contribution in [0.25, 0.3) is 0 Å². The number of hydrogen-bond acceptors (Lipinski definition) is 3. The maximum absolute atomic E-state index is 13.6. The van der Waals surface area contributed by atoms with Crippen molar-refractivity contribution in [3.63, 3.8) is 0 Å². The molecule has 2 aromatic rings. The first-order valence-corrected chi connectivity index (χ1v) is 9.24. The first kappa shape index (κ1) is 20.7. The van der Waals surface area contributed by atoms with Crippen LogP contribution in [0.15, 0.2) is 42.5 Å². The molecule has 4 nitrogen and oxygen atoms in total. The molecule has 2 aromatic carbocycles. The van der Waals surface area contributed by atoms with E-state index in [0.29, 0.717) is 36.0 Å². The third-order valence-electron chi connectivity index (χ3n) is 4.22. The lowest BCUT2D eigenvalue weighted by Gasteiger charge is -2.18. The SMILES string of the molecule is COc1cc(C(C)NC(=O)CCc2ccccc2F)ccc1OCC(C)C. The van der Waals surface area contributed by atoms with Crippen LogP contribution in [0.2, 0.25) is 0 Å². The average Bonchev–Trinajstić information content (AvgIpc) is 2.65. The highest BCUT2D eigenvalue weighted by Crippen LogP contribution is 2.30. The maximum Gasteiger partial charge on any atom is 0.220 e. The summed E-state index contributed by atoms with van der Waals surface area (Å²) in [7, 11) is 1.60. The van der Waals surface area contributed by atoms with Gasteiger partial charge in [0.2, 0.25) is 5.91 Å². The summed E-state index contributed by atoms with van der Waals surface area (Å²) in [6.07, 6.45) is 0.606. The summed E-state index contributed by atoms with van der Waals surface area (Å²) in [6, 6.07) is 12.0. The van der Waals surface area contributed by atoms with Gasteiger partial charge < -0.3 is 14.8 Å². The van der Waals surface area contributed by atoms with E-state index < -0.39 is 0 Å². The topological polar surface area (TPSA) is 47.6 Å². The molecule has 0 heterocycles. The van der Waals surface area contributed by atoms with Crippen molar-refractivity contribution >= 4 is 5.91 Å². The van der Waals surface area contributed by atoms with Crippen molar-refractivity contribution in [1.29, 1.82) is 0 Å². The van der Waals surface area contributed by atoms with E-state index in [0.717, 1.165) is 5.56 Å². The molecule has 27 heavy (non-hydrogen) atoms. The normalized spacial score (nSPS) is 11.9. The Morgan fingerprint density at radius 1 is 1.11 bits per heavy atom. The van der Waals surface area contributed by atoms with Crippen LogP contribution in [0.5, 0.6) is 11.5 Å². The highest BCUT2D eigenvalue weighted by Gasteiger charge is 2.14. The molecule has 0 aliphatic carbocycles. The monoisotopic (exact) mass is 373 g/mol. The molecule has 0 radical (unpaired) electrons. The van der Waals surface area contributed by atoms with Crippen LogP contribution < -0.4 is 14.8 Å². The fourth-order valence-electron chi connectivity index (χ4n) is 2.68. The number of amides is 1. The molecular weight excluding hydrogens is 345 g/mol. The van der Waals surface area contributed by atoms with Crippen molar-refractivity contribution in [1.82, 2.24) is 5.32 Å². The van der Waals surface area contributed by atoms with E-state index in [2.05, 4.69) is 19.2 Å².